The number of aromatic nitrogens is 1. The van der Waals surface area contributed by atoms with Gasteiger partial charge in [0.1, 0.15) is 4.88 Å². The van der Waals surface area contributed by atoms with Gasteiger partial charge in [0, 0.05) is 25.9 Å². The number of nitrogens with zero attached hydrogens (tertiary/aromatic N) is 1. The van der Waals surface area contributed by atoms with Crippen molar-refractivity contribution < 1.29 is 14.3 Å². The highest BCUT2D eigenvalue weighted by Gasteiger charge is 2.16. The zero-order valence-corrected chi connectivity index (χ0v) is 14.4. The molecule has 8 heteroatoms. The molecular weight excluding hydrogens is 328 g/mol. The molecule has 24 heavy (non-hydrogen) atoms. The SMILES string of the molecule is COCCCNC(=O)c1sc(NC(=O)Nc2ccccc2)nc1C. The maximum absolute atomic E-state index is 12.1. The molecule has 0 unspecified atom stereocenters. The van der Waals surface area contributed by atoms with Gasteiger partial charge in [-0.1, -0.05) is 29.5 Å². The monoisotopic (exact) mass is 348 g/mol. The Morgan fingerprint density at radius 1 is 1.21 bits per heavy atom. The van der Waals surface area contributed by atoms with Gasteiger partial charge in [0.05, 0.1) is 5.69 Å². The number of nitrogens with one attached hydrogen (secondary N) is 3. The molecule has 7 nitrogen and oxygen atoms in total. The number of thiazole rings is 1. The first-order valence-electron chi connectivity index (χ1n) is 7.47. The van der Waals surface area contributed by atoms with Crippen molar-refractivity contribution in [2.45, 2.75) is 13.3 Å². The largest absolute Gasteiger partial charge is 0.385 e. The average Bonchev–Trinajstić information content (AvgIpc) is 2.92. The number of carbonyl (C=O) groups excluding carboxylic acids is 2. The molecule has 0 aliphatic carbocycles. The number of hydrogen-bond acceptors (Lipinski definition) is 5. The van der Waals surface area contributed by atoms with Crippen LogP contribution >= 0.6 is 11.3 Å². The number of methoxy groups -OCH3 is 1. The third-order valence-electron chi connectivity index (χ3n) is 3.07. The molecule has 0 saturated carbocycles. The number of amides is 3. The highest BCUT2D eigenvalue weighted by atomic mass is 32.1. The number of carbonyl (C=O) groups is 2. The highest BCUT2D eigenvalue weighted by molar-refractivity contribution is 7.17. The summed E-state index contributed by atoms with van der Waals surface area (Å²) in [4.78, 5) is 28.8. The average molecular weight is 348 g/mol. The normalized spacial score (nSPS) is 10.2. The van der Waals surface area contributed by atoms with Crippen LogP contribution in [-0.4, -0.2) is 37.2 Å². The summed E-state index contributed by atoms with van der Waals surface area (Å²) in [5.41, 5.74) is 1.26. The summed E-state index contributed by atoms with van der Waals surface area (Å²) >= 11 is 1.14. The predicted molar refractivity (Wildman–Crippen MR) is 94.8 cm³/mol. The lowest BCUT2D eigenvalue weighted by Gasteiger charge is -2.04. The van der Waals surface area contributed by atoms with Crippen LogP contribution in [0.5, 0.6) is 0 Å². The topological polar surface area (TPSA) is 92.4 Å². The number of urea groups is 1. The van der Waals surface area contributed by atoms with Crippen LogP contribution in [-0.2, 0) is 4.74 Å². The number of anilines is 2. The lowest BCUT2D eigenvalue weighted by atomic mass is 10.3. The van der Waals surface area contributed by atoms with Gasteiger partial charge in [-0.25, -0.2) is 9.78 Å². The summed E-state index contributed by atoms with van der Waals surface area (Å²) < 4.78 is 4.93. The third-order valence-corrected chi connectivity index (χ3v) is 4.14. The van der Waals surface area contributed by atoms with Crippen LogP contribution in [0.3, 0.4) is 0 Å². The van der Waals surface area contributed by atoms with E-state index >= 15 is 0 Å². The van der Waals surface area contributed by atoms with Crippen molar-refractivity contribution >= 4 is 34.1 Å². The lowest BCUT2D eigenvalue weighted by molar-refractivity contribution is 0.0952. The van der Waals surface area contributed by atoms with Gasteiger partial charge in [0.2, 0.25) is 0 Å². The van der Waals surface area contributed by atoms with E-state index in [1.165, 1.54) is 0 Å². The lowest BCUT2D eigenvalue weighted by Crippen LogP contribution is -2.25. The van der Waals surface area contributed by atoms with Gasteiger partial charge in [-0.2, -0.15) is 0 Å². The van der Waals surface area contributed by atoms with Crippen LogP contribution in [0.1, 0.15) is 21.8 Å². The van der Waals surface area contributed by atoms with Crippen molar-refractivity contribution in [1.82, 2.24) is 10.3 Å². The van der Waals surface area contributed by atoms with Gasteiger partial charge in [-0.15, -0.1) is 0 Å². The Hall–Kier alpha value is -2.45. The van der Waals surface area contributed by atoms with Gasteiger partial charge in [0.25, 0.3) is 5.91 Å². The zero-order valence-electron chi connectivity index (χ0n) is 13.6. The molecule has 2 rings (SSSR count). The number of rotatable bonds is 7. The maximum atomic E-state index is 12.1. The second-order valence-electron chi connectivity index (χ2n) is 4.98. The minimum absolute atomic E-state index is 0.197. The first-order valence-corrected chi connectivity index (χ1v) is 8.29. The summed E-state index contributed by atoms with van der Waals surface area (Å²) in [6, 6.07) is 8.69. The van der Waals surface area contributed by atoms with Gasteiger partial charge in [-0.05, 0) is 25.5 Å². The van der Waals surface area contributed by atoms with Gasteiger partial charge >= 0.3 is 6.03 Å². The summed E-state index contributed by atoms with van der Waals surface area (Å²) in [5, 5.41) is 8.52. The van der Waals surface area contributed by atoms with Crippen molar-refractivity contribution in [3.05, 3.63) is 40.9 Å². The summed E-state index contributed by atoms with van der Waals surface area (Å²) in [5.74, 6) is -0.197. The molecule has 0 fully saturated rings. The van der Waals surface area contributed by atoms with Crippen LogP contribution in [0, 0.1) is 6.92 Å². The summed E-state index contributed by atoms with van der Waals surface area (Å²) in [6.07, 6.45) is 0.741. The second-order valence-corrected chi connectivity index (χ2v) is 5.98. The van der Waals surface area contributed by atoms with Gasteiger partial charge < -0.3 is 15.4 Å². The quantitative estimate of drug-likeness (QED) is 0.671. The first kappa shape index (κ1) is 17.9. The Kier molecular flexibility index (Phi) is 6.71. The maximum Gasteiger partial charge on any atom is 0.325 e. The van der Waals surface area contributed by atoms with Crippen LogP contribution in [0.2, 0.25) is 0 Å². The number of para-hydroxylation sites is 1. The van der Waals surface area contributed by atoms with E-state index in [0.29, 0.717) is 34.5 Å². The second kappa shape index (κ2) is 8.99. The van der Waals surface area contributed by atoms with E-state index in [1.54, 1.807) is 26.2 Å². The van der Waals surface area contributed by atoms with Crippen molar-refractivity contribution in [2.24, 2.45) is 0 Å². The van der Waals surface area contributed by atoms with Gasteiger partial charge in [-0.3, -0.25) is 10.1 Å². The fraction of sp³-hybridized carbons (Fsp3) is 0.312. The first-order chi connectivity index (χ1) is 11.6. The fourth-order valence-corrected chi connectivity index (χ4v) is 2.82. The molecule has 0 bridgehead atoms. The molecular formula is C16H20N4O3S. The van der Waals surface area contributed by atoms with E-state index in [2.05, 4.69) is 20.9 Å². The van der Waals surface area contributed by atoms with E-state index in [4.69, 9.17) is 4.74 Å². The Labute approximate surface area is 144 Å². The van der Waals surface area contributed by atoms with Crippen LogP contribution in [0.25, 0.3) is 0 Å². The molecule has 0 spiro atoms. The molecule has 1 heterocycles. The minimum Gasteiger partial charge on any atom is -0.385 e. The molecule has 2 aromatic rings. The Balaban J connectivity index is 1.90. The zero-order chi connectivity index (χ0) is 17.4. The van der Waals surface area contributed by atoms with Crippen molar-refractivity contribution in [3.63, 3.8) is 0 Å². The fourth-order valence-electron chi connectivity index (χ4n) is 1.94. The molecule has 3 amide bonds. The third kappa shape index (κ3) is 5.32. The Morgan fingerprint density at radius 2 is 1.96 bits per heavy atom. The summed E-state index contributed by atoms with van der Waals surface area (Å²) in [6.45, 7) is 2.86. The standard InChI is InChI=1S/C16H20N4O3S/c1-11-13(14(21)17-9-6-10-23-2)24-16(18-11)20-15(22)19-12-7-4-3-5-8-12/h3-5,7-8H,6,9-10H2,1-2H3,(H,17,21)(H2,18,19,20,22). The molecule has 1 aromatic heterocycles. The van der Waals surface area contributed by atoms with E-state index in [9.17, 15) is 9.59 Å². The Bertz CT molecular complexity index is 688. The smallest absolute Gasteiger partial charge is 0.325 e. The van der Waals surface area contributed by atoms with Crippen molar-refractivity contribution in [2.75, 3.05) is 30.9 Å². The molecule has 0 radical (unpaired) electrons. The predicted octanol–water partition coefficient (Wildman–Crippen LogP) is 2.86. The molecule has 3 N–H and O–H groups in total. The van der Waals surface area contributed by atoms with Crippen molar-refractivity contribution in [1.29, 1.82) is 0 Å². The number of ether oxygens (including phenoxy) is 1. The molecule has 0 aliphatic rings. The molecule has 0 aliphatic heterocycles. The van der Waals surface area contributed by atoms with Crippen LogP contribution in [0.15, 0.2) is 30.3 Å². The molecule has 128 valence electrons. The van der Waals surface area contributed by atoms with Crippen LogP contribution in [0.4, 0.5) is 15.6 Å². The van der Waals surface area contributed by atoms with E-state index in [0.717, 1.165) is 17.8 Å². The van der Waals surface area contributed by atoms with E-state index in [1.807, 2.05) is 18.2 Å². The molecule has 0 saturated heterocycles. The number of benzene rings is 1. The minimum atomic E-state index is -0.401. The van der Waals surface area contributed by atoms with Crippen molar-refractivity contribution in [3.8, 4) is 0 Å². The number of hydrogen-bond donors (Lipinski definition) is 3. The van der Waals surface area contributed by atoms with E-state index in [-0.39, 0.29) is 5.91 Å². The number of aryl methyl sites for hydroxylation is 1. The highest BCUT2D eigenvalue weighted by Crippen LogP contribution is 2.22. The van der Waals surface area contributed by atoms with Gasteiger partial charge in [0.15, 0.2) is 5.13 Å². The van der Waals surface area contributed by atoms with E-state index < -0.39 is 6.03 Å². The molecule has 0 atom stereocenters. The van der Waals surface area contributed by atoms with Crippen LogP contribution < -0.4 is 16.0 Å². The summed E-state index contributed by atoms with van der Waals surface area (Å²) in [7, 11) is 1.62. The molecule has 1 aromatic carbocycles. The Morgan fingerprint density at radius 3 is 2.67 bits per heavy atom.